The second-order valence-corrected chi connectivity index (χ2v) is 7.34. The van der Waals surface area contributed by atoms with Crippen molar-refractivity contribution in [2.45, 2.75) is 65.1 Å². The minimum absolute atomic E-state index is 0.152. The summed E-state index contributed by atoms with van der Waals surface area (Å²) >= 11 is 0. The molecule has 0 bridgehead atoms. The molecule has 4 heteroatoms. The molecule has 1 amide bonds. The highest BCUT2D eigenvalue weighted by Gasteiger charge is 2.33. The molecule has 23 heavy (non-hydrogen) atoms. The Morgan fingerprint density at radius 1 is 1.26 bits per heavy atom. The van der Waals surface area contributed by atoms with Gasteiger partial charge in [-0.2, -0.15) is 0 Å². The molecule has 128 valence electrons. The minimum atomic E-state index is -0.453. The molecule has 4 nitrogen and oxygen atoms in total. The summed E-state index contributed by atoms with van der Waals surface area (Å²) in [7, 11) is 0. The summed E-state index contributed by atoms with van der Waals surface area (Å²) in [5.41, 5.74) is 2.26. The number of rotatable bonds is 7. The Labute approximate surface area is 140 Å². The van der Waals surface area contributed by atoms with Gasteiger partial charge in [0, 0.05) is 19.1 Å². The Hall–Kier alpha value is -1.55. The molecule has 2 rings (SSSR count). The van der Waals surface area contributed by atoms with Crippen molar-refractivity contribution in [3.63, 3.8) is 0 Å². The number of hydrogen-bond acceptors (Lipinski definition) is 3. The number of amides is 1. The lowest BCUT2D eigenvalue weighted by molar-refractivity contribution is 0.0497. The van der Waals surface area contributed by atoms with Crippen LogP contribution >= 0.6 is 0 Å². The van der Waals surface area contributed by atoms with Crippen LogP contribution in [0, 0.1) is 5.92 Å². The molecule has 1 unspecified atom stereocenters. The van der Waals surface area contributed by atoms with Crippen molar-refractivity contribution in [3.8, 4) is 0 Å². The van der Waals surface area contributed by atoms with E-state index < -0.39 is 5.60 Å². The third-order valence-electron chi connectivity index (χ3n) is 4.07. The monoisotopic (exact) mass is 318 g/mol. The fourth-order valence-corrected chi connectivity index (χ4v) is 2.73. The van der Waals surface area contributed by atoms with E-state index in [1.165, 1.54) is 24.0 Å². The average Bonchev–Trinajstić information content (AvgIpc) is 3.29. The van der Waals surface area contributed by atoms with Crippen molar-refractivity contribution in [2.24, 2.45) is 5.92 Å². The van der Waals surface area contributed by atoms with Gasteiger partial charge in [0.2, 0.25) is 0 Å². The highest BCUT2D eigenvalue weighted by atomic mass is 16.6. The fraction of sp³-hybridized carbons (Fsp3) is 0.632. The zero-order valence-corrected chi connectivity index (χ0v) is 14.8. The molecule has 1 aliphatic rings. The van der Waals surface area contributed by atoms with E-state index >= 15 is 0 Å². The van der Waals surface area contributed by atoms with Crippen LogP contribution in [0.5, 0.6) is 0 Å². The van der Waals surface area contributed by atoms with Gasteiger partial charge in [-0.05, 0) is 57.1 Å². The lowest BCUT2D eigenvalue weighted by Crippen LogP contribution is -2.45. The SMILES string of the molecule is CCc1ccccc1CNCC(NC(=O)OC(C)(C)C)C1CC1. The van der Waals surface area contributed by atoms with Gasteiger partial charge in [0.25, 0.3) is 0 Å². The number of aryl methyl sites for hydroxylation is 1. The third kappa shape index (κ3) is 6.22. The maximum Gasteiger partial charge on any atom is 0.407 e. The second kappa shape index (κ2) is 7.82. The van der Waals surface area contributed by atoms with Crippen molar-refractivity contribution >= 4 is 6.09 Å². The first-order chi connectivity index (χ1) is 10.9. The number of nitrogens with one attached hydrogen (secondary N) is 2. The van der Waals surface area contributed by atoms with Crippen molar-refractivity contribution in [2.75, 3.05) is 6.54 Å². The summed E-state index contributed by atoms with van der Waals surface area (Å²) in [5, 5.41) is 6.52. The first-order valence-electron chi connectivity index (χ1n) is 8.66. The number of carbonyl (C=O) groups excluding carboxylic acids is 1. The molecule has 0 radical (unpaired) electrons. The summed E-state index contributed by atoms with van der Waals surface area (Å²) in [4.78, 5) is 12.0. The number of benzene rings is 1. The van der Waals surface area contributed by atoms with Gasteiger partial charge in [0.15, 0.2) is 0 Å². The lowest BCUT2D eigenvalue weighted by atomic mass is 10.1. The zero-order valence-electron chi connectivity index (χ0n) is 14.8. The van der Waals surface area contributed by atoms with Crippen molar-refractivity contribution in [3.05, 3.63) is 35.4 Å². The largest absolute Gasteiger partial charge is 0.444 e. The summed E-state index contributed by atoms with van der Waals surface area (Å²) in [6, 6.07) is 8.65. The highest BCUT2D eigenvalue weighted by Crippen LogP contribution is 2.32. The van der Waals surface area contributed by atoms with Gasteiger partial charge in [-0.3, -0.25) is 0 Å². The van der Waals surface area contributed by atoms with Crippen molar-refractivity contribution in [1.29, 1.82) is 0 Å². The molecule has 0 aliphatic heterocycles. The van der Waals surface area contributed by atoms with Crippen LogP contribution in [0.1, 0.15) is 51.7 Å². The molecule has 0 saturated heterocycles. The van der Waals surface area contributed by atoms with E-state index in [2.05, 4.69) is 41.8 Å². The van der Waals surface area contributed by atoms with Gasteiger partial charge in [-0.1, -0.05) is 31.2 Å². The fourth-order valence-electron chi connectivity index (χ4n) is 2.73. The second-order valence-electron chi connectivity index (χ2n) is 7.34. The summed E-state index contributed by atoms with van der Waals surface area (Å²) in [6.07, 6.45) is 3.10. The molecule has 1 atom stereocenters. The van der Waals surface area contributed by atoms with Gasteiger partial charge < -0.3 is 15.4 Å². The Morgan fingerprint density at radius 2 is 1.91 bits per heavy atom. The molecule has 1 aromatic rings. The molecule has 2 N–H and O–H groups in total. The maximum atomic E-state index is 12.0. The Kier molecular flexibility index (Phi) is 6.05. The molecule has 0 aromatic heterocycles. The number of hydrogen-bond donors (Lipinski definition) is 2. The van der Waals surface area contributed by atoms with Crippen molar-refractivity contribution in [1.82, 2.24) is 10.6 Å². The van der Waals surface area contributed by atoms with Gasteiger partial charge in [0.05, 0.1) is 0 Å². The summed E-state index contributed by atoms with van der Waals surface area (Å²) in [5.74, 6) is 0.580. The quantitative estimate of drug-likeness (QED) is 0.807. The Bertz CT molecular complexity index is 518. The molecular weight excluding hydrogens is 288 g/mol. The molecule has 1 saturated carbocycles. The first kappa shape index (κ1) is 17.8. The lowest BCUT2D eigenvalue weighted by Gasteiger charge is -2.24. The molecule has 0 heterocycles. The maximum absolute atomic E-state index is 12.0. The van der Waals surface area contributed by atoms with Crippen molar-refractivity contribution < 1.29 is 9.53 Å². The molecule has 1 aromatic carbocycles. The molecule has 0 spiro atoms. The standard InChI is InChI=1S/C19H30N2O2/c1-5-14-8-6-7-9-16(14)12-20-13-17(15-10-11-15)21-18(22)23-19(2,3)4/h6-9,15,17,20H,5,10-13H2,1-4H3,(H,21,22). The van der Waals surface area contributed by atoms with E-state index in [9.17, 15) is 4.79 Å². The van der Waals surface area contributed by atoms with Gasteiger partial charge in [0.1, 0.15) is 5.60 Å². The van der Waals surface area contributed by atoms with Gasteiger partial charge in [-0.15, -0.1) is 0 Å². The summed E-state index contributed by atoms with van der Waals surface area (Å²) in [6.45, 7) is 9.46. The van der Waals surface area contributed by atoms with Crippen LogP contribution in [0.4, 0.5) is 4.79 Å². The molecule has 1 fully saturated rings. The van der Waals surface area contributed by atoms with Gasteiger partial charge >= 0.3 is 6.09 Å². The highest BCUT2D eigenvalue weighted by molar-refractivity contribution is 5.68. The van der Waals surface area contributed by atoms with E-state index in [1.807, 2.05) is 20.8 Å². The molecular formula is C19H30N2O2. The number of alkyl carbamates (subject to hydrolysis) is 1. The summed E-state index contributed by atoms with van der Waals surface area (Å²) < 4.78 is 5.37. The van der Waals surface area contributed by atoms with Gasteiger partial charge in [-0.25, -0.2) is 4.79 Å². The Morgan fingerprint density at radius 3 is 2.48 bits per heavy atom. The van der Waals surface area contributed by atoms with E-state index in [4.69, 9.17) is 4.74 Å². The number of ether oxygens (including phenoxy) is 1. The predicted octanol–water partition coefficient (Wildman–Crippen LogP) is 3.64. The van der Waals surface area contributed by atoms with Crippen LogP contribution in [-0.2, 0) is 17.7 Å². The van der Waals surface area contributed by atoms with Crippen LogP contribution in [0.2, 0.25) is 0 Å². The average molecular weight is 318 g/mol. The first-order valence-corrected chi connectivity index (χ1v) is 8.66. The predicted molar refractivity (Wildman–Crippen MR) is 93.4 cm³/mol. The minimum Gasteiger partial charge on any atom is -0.444 e. The van der Waals surface area contributed by atoms with Crippen LogP contribution in [-0.4, -0.2) is 24.3 Å². The van der Waals surface area contributed by atoms with Crippen LogP contribution < -0.4 is 10.6 Å². The van der Waals surface area contributed by atoms with Crippen LogP contribution in [0.15, 0.2) is 24.3 Å². The van der Waals surface area contributed by atoms with E-state index in [0.29, 0.717) is 5.92 Å². The normalized spacial score (nSPS) is 16.0. The smallest absolute Gasteiger partial charge is 0.407 e. The van der Waals surface area contributed by atoms with E-state index in [-0.39, 0.29) is 12.1 Å². The third-order valence-corrected chi connectivity index (χ3v) is 4.07. The molecule has 1 aliphatic carbocycles. The number of carbonyl (C=O) groups is 1. The van der Waals surface area contributed by atoms with Crippen LogP contribution in [0.3, 0.4) is 0 Å². The topological polar surface area (TPSA) is 50.4 Å². The van der Waals surface area contributed by atoms with E-state index in [1.54, 1.807) is 0 Å². The Balaban J connectivity index is 1.82. The zero-order chi connectivity index (χ0) is 16.9. The van der Waals surface area contributed by atoms with Crippen LogP contribution in [0.25, 0.3) is 0 Å². The van der Waals surface area contributed by atoms with E-state index in [0.717, 1.165) is 19.5 Å².